The molecule has 1 fully saturated rings. The van der Waals surface area contributed by atoms with Crippen molar-refractivity contribution in [2.24, 2.45) is 11.8 Å². The third-order valence-electron chi connectivity index (χ3n) is 4.36. The predicted molar refractivity (Wildman–Crippen MR) is 87.3 cm³/mol. The molecule has 0 aliphatic carbocycles. The maximum absolute atomic E-state index is 12.6. The van der Waals surface area contributed by atoms with Crippen LogP contribution in [0.15, 0.2) is 30.3 Å². The predicted octanol–water partition coefficient (Wildman–Crippen LogP) is 2.71. The average Bonchev–Trinajstić information content (AvgIpc) is 2.87. The van der Waals surface area contributed by atoms with Gasteiger partial charge < -0.3 is 9.84 Å². The molecule has 0 unspecified atom stereocenters. The second-order valence-corrected chi connectivity index (χ2v) is 6.49. The molecule has 1 saturated heterocycles. The first-order valence-electron chi connectivity index (χ1n) is 8.13. The Kier molecular flexibility index (Phi) is 5.95. The monoisotopic (exact) mass is 333 g/mol. The highest BCUT2D eigenvalue weighted by molar-refractivity contribution is 5.93. The van der Waals surface area contributed by atoms with Crippen molar-refractivity contribution in [3.8, 4) is 0 Å². The largest absolute Gasteiger partial charge is 0.481 e. The Morgan fingerprint density at radius 3 is 2.50 bits per heavy atom. The topological polar surface area (TPSA) is 83.9 Å². The number of rotatable bonds is 7. The third-order valence-corrected chi connectivity index (χ3v) is 4.36. The molecule has 0 radical (unpaired) electrons. The molecule has 130 valence electrons. The number of ether oxygens (including phenoxy) is 1. The number of benzene rings is 1. The number of cyclic esters (lactones) is 1. The number of hydrogen-bond donors (Lipinski definition) is 1. The summed E-state index contributed by atoms with van der Waals surface area (Å²) in [6.07, 6.45) is -0.164. The number of imide groups is 1. The van der Waals surface area contributed by atoms with Crippen molar-refractivity contribution in [3.05, 3.63) is 35.9 Å². The van der Waals surface area contributed by atoms with Crippen molar-refractivity contribution >= 4 is 18.0 Å². The van der Waals surface area contributed by atoms with Gasteiger partial charge in [-0.05, 0) is 23.8 Å². The zero-order chi connectivity index (χ0) is 17.7. The highest BCUT2D eigenvalue weighted by Crippen LogP contribution is 2.24. The standard InChI is InChI=1S/C18H23NO5/c1-12(2)14(10-17(21)22)9-16(20)19-15(11-24-18(19)23)8-13-6-4-3-5-7-13/h3-7,12,14-15H,8-11H2,1-2H3,(H,21,22)/t14-,15+/m1/s1. The molecule has 2 atom stereocenters. The van der Waals surface area contributed by atoms with Crippen LogP contribution >= 0.6 is 0 Å². The lowest BCUT2D eigenvalue weighted by atomic mass is 9.89. The Labute approximate surface area is 141 Å². The molecule has 1 aliphatic rings. The summed E-state index contributed by atoms with van der Waals surface area (Å²) >= 11 is 0. The quantitative estimate of drug-likeness (QED) is 0.829. The van der Waals surface area contributed by atoms with Crippen molar-refractivity contribution in [2.75, 3.05) is 6.61 Å². The van der Waals surface area contributed by atoms with Crippen LogP contribution in [0.2, 0.25) is 0 Å². The van der Waals surface area contributed by atoms with E-state index in [9.17, 15) is 14.4 Å². The number of hydrogen-bond acceptors (Lipinski definition) is 4. The SMILES string of the molecule is CC(C)[C@@H](CC(=O)O)CC(=O)N1C(=O)OC[C@@H]1Cc1ccccc1. The summed E-state index contributed by atoms with van der Waals surface area (Å²) in [6, 6.07) is 9.24. The van der Waals surface area contributed by atoms with Crippen LogP contribution < -0.4 is 0 Å². The van der Waals surface area contributed by atoms with Crippen LogP contribution in [0.25, 0.3) is 0 Å². The van der Waals surface area contributed by atoms with E-state index < -0.39 is 12.1 Å². The molecule has 2 amide bonds. The number of carboxylic acids is 1. The van der Waals surface area contributed by atoms with Gasteiger partial charge in [0.2, 0.25) is 5.91 Å². The lowest BCUT2D eigenvalue weighted by Gasteiger charge is -2.24. The Balaban J connectivity index is 2.07. The molecule has 0 saturated carbocycles. The number of carbonyl (C=O) groups excluding carboxylic acids is 2. The number of carboxylic acid groups (broad SMARTS) is 1. The van der Waals surface area contributed by atoms with E-state index in [1.165, 1.54) is 0 Å². The van der Waals surface area contributed by atoms with Crippen LogP contribution in [-0.4, -0.2) is 40.6 Å². The highest BCUT2D eigenvalue weighted by atomic mass is 16.6. The molecular weight excluding hydrogens is 310 g/mol. The number of nitrogens with zero attached hydrogens (tertiary/aromatic N) is 1. The Morgan fingerprint density at radius 2 is 1.92 bits per heavy atom. The Bertz CT molecular complexity index is 599. The van der Waals surface area contributed by atoms with E-state index in [4.69, 9.17) is 9.84 Å². The fourth-order valence-electron chi connectivity index (χ4n) is 2.89. The summed E-state index contributed by atoms with van der Waals surface area (Å²) in [4.78, 5) is 36.7. The molecule has 1 aromatic carbocycles. The Hall–Kier alpha value is -2.37. The summed E-state index contributed by atoms with van der Waals surface area (Å²) in [5.41, 5.74) is 1.02. The second kappa shape index (κ2) is 7.95. The zero-order valence-electron chi connectivity index (χ0n) is 14.0. The van der Waals surface area contributed by atoms with Crippen LogP contribution in [0.5, 0.6) is 0 Å². The van der Waals surface area contributed by atoms with Gasteiger partial charge in [-0.15, -0.1) is 0 Å². The highest BCUT2D eigenvalue weighted by Gasteiger charge is 2.38. The molecular formula is C18H23NO5. The zero-order valence-corrected chi connectivity index (χ0v) is 14.0. The van der Waals surface area contributed by atoms with Crippen LogP contribution in [0.1, 0.15) is 32.3 Å². The van der Waals surface area contributed by atoms with E-state index in [-0.39, 0.29) is 43.2 Å². The van der Waals surface area contributed by atoms with Crippen molar-refractivity contribution in [2.45, 2.75) is 39.2 Å². The van der Waals surface area contributed by atoms with E-state index in [0.29, 0.717) is 6.42 Å². The summed E-state index contributed by atoms with van der Waals surface area (Å²) in [5.74, 6) is -1.57. The smallest absolute Gasteiger partial charge is 0.416 e. The van der Waals surface area contributed by atoms with Crippen LogP contribution in [0.3, 0.4) is 0 Å². The lowest BCUT2D eigenvalue weighted by Crippen LogP contribution is -2.41. The van der Waals surface area contributed by atoms with Crippen molar-refractivity contribution in [3.63, 3.8) is 0 Å². The summed E-state index contributed by atoms with van der Waals surface area (Å²) in [6.45, 7) is 3.93. The first-order chi connectivity index (χ1) is 11.4. The molecule has 6 heteroatoms. The van der Waals surface area contributed by atoms with Gasteiger partial charge >= 0.3 is 12.1 Å². The minimum absolute atomic E-state index is 0.0321. The van der Waals surface area contributed by atoms with Crippen LogP contribution in [0.4, 0.5) is 4.79 Å². The van der Waals surface area contributed by atoms with E-state index >= 15 is 0 Å². The maximum Gasteiger partial charge on any atom is 0.416 e. The first-order valence-corrected chi connectivity index (χ1v) is 8.13. The van der Waals surface area contributed by atoms with Crippen molar-refractivity contribution in [1.29, 1.82) is 0 Å². The van der Waals surface area contributed by atoms with E-state index in [1.807, 2.05) is 44.2 Å². The van der Waals surface area contributed by atoms with Gasteiger partial charge in [0.1, 0.15) is 6.61 Å². The number of aliphatic carboxylic acids is 1. The Morgan fingerprint density at radius 1 is 1.25 bits per heavy atom. The van der Waals surface area contributed by atoms with E-state index in [1.54, 1.807) is 0 Å². The van der Waals surface area contributed by atoms with Gasteiger partial charge in [-0.1, -0.05) is 44.2 Å². The molecule has 1 aromatic rings. The lowest BCUT2D eigenvalue weighted by molar-refractivity contribution is -0.139. The van der Waals surface area contributed by atoms with Crippen molar-refractivity contribution < 1.29 is 24.2 Å². The minimum Gasteiger partial charge on any atom is -0.481 e. The fourth-order valence-corrected chi connectivity index (χ4v) is 2.89. The van der Waals surface area contributed by atoms with Gasteiger partial charge in [0.25, 0.3) is 0 Å². The van der Waals surface area contributed by atoms with E-state index in [0.717, 1.165) is 10.5 Å². The molecule has 1 aliphatic heterocycles. The van der Waals surface area contributed by atoms with Gasteiger partial charge in [0.05, 0.1) is 6.04 Å². The normalized spacial score (nSPS) is 18.5. The molecule has 1 heterocycles. The van der Waals surface area contributed by atoms with E-state index in [2.05, 4.69) is 0 Å². The molecule has 0 spiro atoms. The van der Waals surface area contributed by atoms with Gasteiger partial charge in [-0.3, -0.25) is 9.59 Å². The van der Waals surface area contributed by atoms with Crippen LogP contribution in [0, 0.1) is 11.8 Å². The third kappa shape index (κ3) is 4.57. The molecule has 6 nitrogen and oxygen atoms in total. The van der Waals surface area contributed by atoms with Gasteiger partial charge in [-0.25, -0.2) is 9.69 Å². The van der Waals surface area contributed by atoms with Crippen molar-refractivity contribution in [1.82, 2.24) is 4.90 Å². The van der Waals surface area contributed by atoms with Gasteiger partial charge in [-0.2, -0.15) is 0 Å². The molecule has 0 aromatic heterocycles. The summed E-state index contributed by atoms with van der Waals surface area (Å²) in [7, 11) is 0. The average molecular weight is 333 g/mol. The molecule has 1 N–H and O–H groups in total. The molecule has 2 rings (SSSR count). The molecule has 0 bridgehead atoms. The second-order valence-electron chi connectivity index (χ2n) is 6.49. The fraction of sp³-hybridized carbons (Fsp3) is 0.500. The summed E-state index contributed by atoms with van der Waals surface area (Å²) < 4.78 is 5.04. The van der Waals surface area contributed by atoms with Gasteiger partial charge in [0.15, 0.2) is 0 Å². The number of carbonyl (C=O) groups is 3. The first kappa shape index (κ1) is 18.0. The number of amides is 2. The van der Waals surface area contributed by atoms with Crippen LogP contribution in [-0.2, 0) is 20.7 Å². The minimum atomic E-state index is -0.939. The summed E-state index contributed by atoms with van der Waals surface area (Å²) in [5, 5.41) is 8.99. The molecule has 24 heavy (non-hydrogen) atoms. The maximum atomic E-state index is 12.6. The van der Waals surface area contributed by atoms with Gasteiger partial charge in [0, 0.05) is 12.8 Å².